The number of hydrogen-bond acceptors (Lipinski definition) is 4. The van der Waals surface area contributed by atoms with E-state index in [-0.39, 0.29) is 12.4 Å². The number of ether oxygens (including phenoxy) is 2. The van der Waals surface area contributed by atoms with Crippen molar-refractivity contribution in [1.82, 2.24) is 0 Å². The molecule has 4 heteroatoms. The highest BCUT2D eigenvalue weighted by atomic mass is 16.5. The molecule has 0 aromatic heterocycles. The maximum absolute atomic E-state index is 13.0. The number of rotatable bonds is 5. The molecular weight excluding hydrogens is 304 g/mol. The Morgan fingerprint density at radius 3 is 2.58 bits per heavy atom. The highest BCUT2D eigenvalue weighted by Crippen LogP contribution is 2.35. The van der Waals surface area contributed by atoms with Crippen molar-refractivity contribution in [3.8, 4) is 0 Å². The van der Waals surface area contributed by atoms with E-state index in [4.69, 9.17) is 9.47 Å². The van der Waals surface area contributed by atoms with Crippen molar-refractivity contribution >= 4 is 11.8 Å². The Bertz CT molecular complexity index is 723. The molecule has 1 aliphatic rings. The van der Waals surface area contributed by atoms with Gasteiger partial charge in [0.2, 0.25) is 0 Å². The monoisotopic (exact) mass is 324 g/mol. The first-order valence-corrected chi connectivity index (χ1v) is 8.17. The van der Waals surface area contributed by atoms with Gasteiger partial charge in [0, 0.05) is 5.56 Å². The third kappa shape index (κ3) is 3.24. The molecule has 0 N–H and O–H groups in total. The zero-order valence-electron chi connectivity index (χ0n) is 13.6. The summed E-state index contributed by atoms with van der Waals surface area (Å²) in [6.45, 7) is 2.45. The van der Waals surface area contributed by atoms with Gasteiger partial charge in [0.25, 0.3) is 0 Å². The highest BCUT2D eigenvalue weighted by Gasteiger charge is 2.40. The van der Waals surface area contributed by atoms with Gasteiger partial charge >= 0.3 is 5.97 Å². The van der Waals surface area contributed by atoms with Crippen LogP contribution in [0, 0.1) is 5.92 Å². The van der Waals surface area contributed by atoms with Crippen LogP contribution in [0.15, 0.2) is 54.6 Å². The lowest BCUT2D eigenvalue weighted by molar-refractivity contribution is -0.151. The molecule has 2 atom stereocenters. The molecule has 24 heavy (non-hydrogen) atoms. The predicted molar refractivity (Wildman–Crippen MR) is 89.7 cm³/mol. The molecule has 1 aliphatic heterocycles. The second-order valence-electron chi connectivity index (χ2n) is 5.70. The number of fused-ring (bicyclic) bond motifs is 1. The third-order valence-electron chi connectivity index (χ3n) is 4.21. The number of Topliss-reactive ketones (excluding diaryl/α,β-unsaturated/α-hetero) is 1. The van der Waals surface area contributed by atoms with Crippen LogP contribution >= 0.6 is 0 Å². The molecule has 0 saturated heterocycles. The summed E-state index contributed by atoms with van der Waals surface area (Å²) >= 11 is 0. The van der Waals surface area contributed by atoms with Gasteiger partial charge in [-0.3, -0.25) is 9.59 Å². The summed E-state index contributed by atoms with van der Waals surface area (Å²) in [4.78, 5) is 25.5. The van der Waals surface area contributed by atoms with E-state index in [9.17, 15) is 9.59 Å². The van der Waals surface area contributed by atoms with Crippen LogP contribution in [-0.4, -0.2) is 25.0 Å². The molecule has 2 unspecified atom stereocenters. The quantitative estimate of drug-likeness (QED) is 0.481. The fraction of sp³-hybridized carbons (Fsp3) is 0.300. The molecule has 2 aromatic rings. The van der Waals surface area contributed by atoms with E-state index in [1.54, 1.807) is 31.2 Å². The van der Waals surface area contributed by atoms with E-state index < -0.39 is 18.0 Å². The van der Waals surface area contributed by atoms with Crippen molar-refractivity contribution in [2.24, 2.45) is 5.92 Å². The lowest BCUT2D eigenvalue weighted by Crippen LogP contribution is -2.35. The van der Waals surface area contributed by atoms with Crippen LogP contribution in [0.25, 0.3) is 0 Å². The lowest BCUT2D eigenvalue weighted by Gasteiger charge is -2.30. The van der Waals surface area contributed by atoms with Gasteiger partial charge in [0.1, 0.15) is 6.10 Å². The molecule has 4 nitrogen and oxygen atoms in total. The first kappa shape index (κ1) is 16.4. The second-order valence-corrected chi connectivity index (χ2v) is 5.70. The van der Waals surface area contributed by atoms with Gasteiger partial charge in [-0.05, 0) is 24.5 Å². The molecule has 0 bridgehead atoms. The molecule has 3 rings (SSSR count). The zero-order chi connectivity index (χ0) is 16.9. The molecule has 0 amide bonds. The Hall–Kier alpha value is -2.46. The van der Waals surface area contributed by atoms with Gasteiger partial charge in [0.05, 0.1) is 13.2 Å². The summed E-state index contributed by atoms with van der Waals surface area (Å²) in [6, 6.07) is 16.6. The number of benzene rings is 2. The average Bonchev–Trinajstić information content (AvgIpc) is 2.63. The standard InChI is InChI=1S/C20H20O4/c1-2-23-20(22)17(18(21)15-9-4-3-5-10-15)19-16-11-7-6-8-14(16)12-13-24-19/h3-11,17,19H,2,12-13H2,1H3. The van der Waals surface area contributed by atoms with Gasteiger partial charge < -0.3 is 9.47 Å². The van der Waals surface area contributed by atoms with E-state index >= 15 is 0 Å². The summed E-state index contributed by atoms with van der Waals surface area (Å²) in [5, 5.41) is 0. The van der Waals surface area contributed by atoms with E-state index in [1.165, 1.54) is 0 Å². The molecular formula is C20H20O4. The molecule has 0 radical (unpaired) electrons. The smallest absolute Gasteiger partial charge is 0.319 e. The molecule has 1 heterocycles. The normalized spacial score (nSPS) is 17.6. The number of esters is 1. The first-order chi connectivity index (χ1) is 11.7. The molecule has 124 valence electrons. The Morgan fingerprint density at radius 2 is 1.83 bits per heavy atom. The largest absolute Gasteiger partial charge is 0.465 e. The highest BCUT2D eigenvalue weighted by molar-refractivity contribution is 6.09. The van der Waals surface area contributed by atoms with Gasteiger partial charge in [-0.1, -0.05) is 54.6 Å². The maximum Gasteiger partial charge on any atom is 0.319 e. The van der Waals surface area contributed by atoms with Crippen molar-refractivity contribution in [3.63, 3.8) is 0 Å². The Morgan fingerprint density at radius 1 is 1.12 bits per heavy atom. The zero-order valence-corrected chi connectivity index (χ0v) is 13.6. The number of ketones is 1. The SMILES string of the molecule is CCOC(=O)C(C(=O)c1ccccc1)C1OCCc2ccccc21. The predicted octanol–water partition coefficient (Wildman–Crippen LogP) is 3.36. The van der Waals surface area contributed by atoms with E-state index in [2.05, 4.69) is 0 Å². The van der Waals surface area contributed by atoms with Crippen LogP contribution < -0.4 is 0 Å². The van der Waals surface area contributed by atoms with Gasteiger partial charge in [-0.25, -0.2) is 0 Å². The Balaban J connectivity index is 2.00. The van der Waals surface area contributed by atoms with Crippen LogP contribution in [0.5, 0.6) is 0 Å². The molecule has 0 fully saturated rings. The van der Waals surface area contributed by atoms with E-state index in [0.717, 1.165) is 17.5 Å². The third-order valence-corrected chi connectivity index (χ3v) is 4.21. The minimum atomic E-state index is -0.992. The van der Waals surface area contributed by atoms with Gasteiger partial charge in [-0.15, -0.1) is 0 Å². The topological polar surface area (TPSA) is 52.6 Å². The second kappa shape index (κ2) is 7.41. The molecule has 0 aliphatic carbocycles. The number of hydrogen-bond donors (Lipinski definition) is 0. The first-order valence-electron chi connectivity index (χ1n) is 8.17. The van der Waals surface area contributed by atoms with E-state index in [1.807, 2.05) is 30.3 Å². The minimum absolute atomic E-state index is 0.228. The van der Waals surface area contributed by atoms with Crippen molar-refractivity contribution in [2.45, 2.75) is 19.4 Å². The van der Waals surface area contributed by atoms with Crippen molar-refractivity contribution in [3.05, 3.63) is 71.3 Å². The van der Waals surface area contributed by atoms with Crippen molar-refractivity contribution < 1.29 is 19.1 Å². The minimum Gasteiger partial charge on any atom is -0.465 e. The van der Waals surface area contributed by atoms with Gasteiger partial charge in [0.15, 0.2) is 11.7 Å². The average molecular weight is 324 g/mol. The van der Waals surface area contributed by atoms with Crippen LogP contribution in [0.4, 0.5) is 0 Å². The Kier molecular flexibility index (Phi) is 5.06. The summed E-state index contributed by atoms with van der Waals surface area (Å²) in [5.41, 5.74) is 2.50. The molecule has 0 saturated carbocycles. The summed E-state index contributed by atoms with van der Waals surface area (Å²) in [6.07, 6.45) is 0.170. The van der Waals surface area contributed by atoms with Crippen molar-refractivity contribution in [2.75, 3.05) is 13.2 Å². The molecule has 0 spiro atoms. The number of carbonyl (C=O) groups is 2. The summed E-state index contributed by atoms with van der Waals surface area (Å²) in [5.74, 6) is -1.79. The fourth-order valence-corrected chi connectivity index (χ4v) is 3.08. The van der Waals surface area contributed by atoms with Crippen LogP contribution in [0.1, 0.15) is 34.5 Å². The van der Waals surface area contributed by atoms with Crippen molar-refractivity contribution in [1.29, 1.82) is 0 Å². The lowest BCUT2D eigenvalue weighted by atomic mass is 9.85. The van der Waals surface area contributed by atoms with E-state index in [0.29, 0.717) is 12.2 Å². The summed E-state index contributed by atoms with van der Waals surface area (Å²) < 4.78 is 11.0. The Labute approximate surface area is 141 Å². The molecule has 2 aromatic carbocycles. The van der Waals surface area contributed by atoms with Crippen LogP contribution in [-0.2, 0) is 20.7 Å². The number of carbonyl (C=O) groups excluding carboxylic acids is 2. The van der Waals surface area contributed by atoms with Crippen LogP contribution in [0.3, 0.4) is 0 Å². The fourth-order valence-electron chi connectivity index (χ4n) is 3.08. The summed E-state index contributed by atoms with van der Waals surface area (Å²) in [7, 11) is 0. The van der Waals surface area contributed by atoms with Crippen LogP contribution in [0.2, 0.25) is 0 Å². The maximum atomic E-state index is 13.0. The van der Waals surface area contributed by atoms with Gasteiger partial charge in [-0.2, -0.15) is 0 Å².